The molecule has 4 nitrogen and oxygen atoms in total. The van der Waals surface area contributed by atoms with Crippen LogP contribution in [0.3, 0.4) is 0 Å². The number of aliphatic imine (C=N–C) groups is 1. The highest BCUT2D eigenvalue weighted by molar-refractivity contribution is 6.07. The quantitative estimate of drug-likeness (QED) is 0.850. The number of carbonyl (C=O) groups excluding carboxylic acids is 1. The van der Waals surface area contributed by atoms with Crippen molar-refractivity contribution in [3.05, 3.63) is 29.8 Å². The second kappa shape index (κ2) is 4.80. The maximum absolute atomic E-state index is 11.8. The molecule has 0 unspecified atom stereocenters. The van der Waals surface area contributed by atoms with E-state index in [1.807, 2.05) is 24.3 Å². The molecule has 1 heterocycles. The number of amides is 1. The van der Waals surface area contributed by atoms with Crippen molar-refractivity contribution >= 4 is 17.4 Å². The maximum Gasteiger partial charge on any atom is 0.227 e. The van der Waals surface area contributed by atoms with Gasteiger partial charge in [0.1, 0.15) is 5.84 Å². The third-order valence-corrected chi connectivity index (χ3v) is 3.29. The Kier molecular flexibility index (Phi) is 3.00. The Morgan fingerprint density at radius 2 is 2.17 bits per heavy atom. The van der Waals surface area contributed by atoms with E-state index in [0.29, 0.717) is 0 Å². The van der Waals surface area contributed by atoms with Gasteiger partial charge in [-0.25, -0.2) is 0 Å². The molecule has 3 rings (SSSR count). The topological polar surface area (TPSA) is 53.5 Å². The molecule has 1 aliphatic heterocycles. The van der Waals surface area contributed by atoms with Crippen LogP contribution < -0.4 is 10.6 Å². The van der Waals surface area contributed by atoms with Crippen molar-refractivity contribution in [1.29, 1.82) is 0 Å². The van der Waals surface area contributed by atoms with Gasteiger partial charge in [-0.2, -0.15) is 0 Å². The molecule has 1 saturated carbocycles. The minimum absolute atomic E-state index is 0.138. The van der Waals surface area contributed by atoms with E-state index in [4.69, 9.17) is 0 Å². The minimum Gasteiger partial charge on any atom is -0.370 e. The fourth-order valence-corrected chi connectivity index (χ4v) is 2.09. The van der Waals surface area contributed by atoms with Crippen molar-refractivity contribution in [3.63, 3.8) is 0 Å². The van der Waals surface area contributed by atoms with E-state index in [1.54, 1.807) is 0 Å². The summed E-state index contributed by atoms with van der Waals surface area (Å²) in [6.07, 6.45) is 3.11. The van der Waals surface area contributed by atoms with Gasteiger partial charge in [0, 0.05) is 24.6 Å². The average molecular weight is 243 g/mol. The summed E-state index contributed by atoms with van der Waals surface area (Å²) < 4.78 is 0. The molecule has 1 fully saturated rings. The summed E-state index contributed by atoms with van der Waals surface area (Å²) in [6, 6.07) is 7.85. The number of anilines is 1. The zero-order valence-corrected chi connectivity index (χ0v) is 10.3. The third-order valence-electron chi connectivity index (χ3n) is 3.29. The highest BCUT2D eigenvalue weighted by Crippen LogP contribution is 2.30. The number of nitrogens with zero attached hydrogens (tertiary/aromatic N) is 1. The van der Waals surface area contributed by atoms with Crippen LogP contribution in [0.25, 0.3) is 0 Å². The van der Waals surface area contributed by atoms with Crippen molar-refractivity contribution in [3.8, 4) is 0 Å². The molecule has 2 aliphatic rings. The van der Waals surface area contributed by atoms with E-state index < -0.39 is 0 Å². The monoisotopic (exact) mass is 243 g/mol. The molecule has 0 radical (unpaired) electrons. The van der Waals surface area contributed by atoms with Gasteiger partial charge in [-0.3, -0.25) is 9.79 Å². The molecule has 1 aliphatic carbocycles. The zero-order chi connectivity index (χ0) is 12.4. The summed E-state index contributed by atoms with van der Waals surface area (Å²) >= 11 is 0. The van der Waals surface area contributed by atoms with Crippen molar-refractivity contribution in [2.45, 2.75) is 19.3 Å². The number of hydrogen-bond donors (Lipinski definition) is 2. The van der Waals surface area contributed by atoms with Crippen molar-refractivity contribution in [2.24, 2.45) is 10.9 Å². The lowest BCUT2D eigenvalue weighted by atomic mass is 10.1. The molecule has 0 atom stereocenters. The number of benzene rings is 1. The highest BCUT2D eigenvalue weighted by Gasteiger charge is 2.30. The van der Waals surface area contributed by atoms with Gasteiger partial charge in [-0.05, 0) is 31.4 Å². The molecule has 2 N–H and O–H groups in total. The lowest BCUT2D eigenvalue weighted by Crippen LogP contribution is -2.31. The Morgan fingerprint density at radius 1 is 1.33 bits per heavy atom. The number of carbonyl (C=O) groups is 1. The number of hydrogen-bond acceptors (Lipinski definition) is 3. The number of amidine groups is 1. The van der Waals surface area contributed by atoms with E-state index in [9.17, 15) is 4.79 Å². The van der Waals surface area contributed by atoms with Crippen LogP contribution in [0.5, 0.6) is 0 Å². The van der Waals surface area contributed by atoms with Crippen LogP contribution in [0, 0.1) is 5.92 Å². The largest absolute Gasteiger partial charge is 0.370 e. The van der Waals surface area contributed by atoms with Crippen LogP contribution in [-0.4, -0.2) is 24.8 Å². The minimum atomic E-state index is 0.138. The molecular weight excluding hydrogens is 226 g/mol. The van der Waals surface area contributed by atoms with Gasteiger partial charge in [0.05, 0.1) is 5.69 Å². The summed E-state index contributed by atoms with van der Waals surface area (Å²) in [5, 5.41) is 6.30. The molecule has 0 saturated heterocycles. The lowest BCUT2D eigenvalue weighted by molar-refractivity contribution is -0.117. The van der Waals surface area contributed by atoms with Gasteiger partial charge in [0.2, 0.25) is 5.91 Å². The summed E-state index contributed by atoms with van der Waals surface area (Å²) in [6.45, 7) is 1.80. The Balaban J connectivity index is 1.84. The van der Waals surface area contributed by atoms with Crippen molar-refractivity contribution < 1.29 is 4.79 Å². The van der Waals surface area contributed by atoms with Gasteiger partial charge in [0.15, 0.2) is 0 Å². The molecule has 1 aromatic rings. The molecule has 4 heteroatoms. The molecule has 0 aromatic heterocycles. The first-order chi connectivity index (χ1) is 8.84. The summed E-state index contributed by atoms with van der Waals surface area (Å²) in [7, 11) is 0. The van der Waals surface area contributed by atoms with Gasteiger partial charge >= 0.3 is 0 Å². The predicted molar refractivity (Wildman–Crippen MR) is 71.8 cm³/mol. The fourth-order valence-electron chi connectivity index (χ4n) is 2.09. The maximum atomic E-state index is 11.8. The van der Waals surface area contributed by atoms with Gasteiger partial charge in [-0.15, -0.1) is 0 Å². The highest BCUT2D eigenvalue weighted by atomic mass is 16.2. The predicted octanol–water partition coefficient (Wildman–Crippen LogP) is 1.77. The first kappa shape index (κ1) is 11.3. The normalized spacial score (nSPS) is 18.8. The van der Waals surface area contributed by atoms with E-state index in [-0.39, 0.29) is 11.8 Å². The van der Waals surface area contributed by atoms with E-state index in [1.165, 1.54) is 0 Å². The molecule has 0 spiro atoms. The van der Waals surface area contributed by atoms with Gasteiger partial charge < -0.3 is 10.6 Å². The van der Waals surface area contributed by atoms with Gasteiger partial charge in [-0.1, -0.05) is 12.1 Å². The van der Waals surface area contributed by atoms with Crippen LogP contribution in [0.4, 0.5) is 5.69 Å². The average Bonchev–Trinajstić information content (AvgIpc) is 3.25. The summed E-state index contributed by atoms with van der Waals surface area (Å²) in [4.78, 5) is 16.3. The molecule has 18 heavy (non-hydrogen) atoms. The number of nitrogens with one attached hydrogen (secondary N) is 2. The summed E-state index contributed by atoms with van der Waals surface area (Å²) in [5.74, 6) is 1.26. The van der Waals surface area contributed by atoms with Crippen molar-refractivity contribution in [1.82, 2.24) is 5.32 Å². The van der Waals surface area contributed by atoms with Crippen LogP contribution in [0.15, 0.2) is 29.3 Å². The van der Waals surface area contributed by atoms with E-state index >= 15 is 0 Å². The van der Waals surface area contributed by atoms with Crippen LogP contribution in [0.1, 0.15) is 24.8 Å². The lowest BCUT2D eigenvalue weighted by Gasteiger charge is -2.17. The second-order valence-electron chi connectivity index (χ2n) is 4.82. The Labute approximate surface area is 106 Å². The first-order valence-corrected chi connectivity index (χ1v) is 6.53. The molecule has 1 amide bonds. The van der Waals surface area contributed by atoms with Crippen LogP contribution in [0.2, 0.25) is 0 Å². The number of para-hydroxylation sites is 1. The molecule has 1 aromatic carbocycles. The standard InChI is InChI=1S/C14H17N3O/c18-14(10-6-7-10)17-12-5-2-1-4-11(12)13-15-8-3-9-16-13/h1-2,4-5,10H,3,6-9H2,(H,15,16)(H,17,18). The molecular formula is C14H17N3O. The Morgan fingerprint density at radius 3 is 2.89 bits per heavy atom. The summed E-state index contributed by atoms with van der Waals surface area (Å²) in [5.41, 5.74) is 1.86. The smallest absolute Gasteiger partial charge is 0.227 e. The van der Waals surface area contributed by atoms with Crippen molar-refractivity contribution in [2.75, 3.05) is 18.4 Å². The van der Waals surface area contributed by atoms with E-state index in [2.05, 4.69) is 15.6 Å². The SMILES string of the molecule is O=C(Nc1ccccc1C1=NCCCN1)C1CC1. The second-order valence-corrected chi connectivity index (χ2v) is 4.82. The Hall–Kier alpha value is -1.84. The first-order valence-electron chi connectivity index (χ1n) is 6.53. The van der Waals surface area contributed by atoms with E-state index in [0.717, 1.165) is 49.4 Å². The van der Waals surface area contributed by atoms with Crippen LogP contribution >= 0.6 is 0 Å². The third kappa shape index (κ3) is 2.37. The number of rotatable bonds is 3. The van der Waals surface area contributed by atoms with Crippen LogP contribution in [-0.2, 0) is 4.79 Å². The fraction of sp³-hybridized carbons (Fsp3) is 0.429. The Bertz CT molecular complexity index is 492. The molecule has 94 valence electrons. The molecule has 0 bridgehead atoms. The zero-order valence-electron chi connectivity index (χ0n) is 10.3. The van der Waals surface area contributed by atoms with Gasteiger partial charge in [0.25, 0.3) is 0 Å².